The number of benzene rings is 1. The number of aromatic nitrogens is 2. The lowest BCUT2D eigenvalue weighted by Gasteiger charge is -2.47. The predicted molar refractivity (Wildman–Crippen MR) is 102 cm³/mol. The van der Waals surface area contributed by atoms with Crippen LogP contribution in [0.25, 0.3) is 11.3 Å². The van der Waals surface area contributed by atoms with Gasteiger partial charge in [0, 0.05) is 44.8 Å². The molecule has 3 aliphatic rings. The third-order valence-corrected chi connectivity index (χ3v) is 5.69. The van der Waals surface area contributed by atoms with Crippen molar-refractivity contribution in [3.63, 3.8) is 0 Å². The molecule has 1 aromatic carbocycles. The first kappa shape index (κ1) is 16.3. The Balaban J connectivity index is 1.40. The molecule has 8 heteroatoms. The zero-order valence-electron chi connectivity index (χ0n) is 14.9. The van der Waals surface area contributed by atoms with Crippen LogP contribution in [0.1, 0.15) is 0 Å². The molecular weight excluding hydrogens is 344 g/mol. The van der Waals surface area contributed by atoms with Gasteiger partial charge in [-0.25, -0.2) is 0 Å². The predicted octanol–water partition coefficient (Wildman–Crippen LogP) is 0.511. The number of para-hydroxylation sites is 1. The highest BCUT2D eigenvalue weighted by Crippen LogP contribution is 2.36. The van der Waals surface area contributed by atoms with Crippen LogP contribution in [0, 0.1) is 5.92 Å². The molecule has 0 radical (unpaired) electrons. The first-order chi connectivity index (χ1) is 13.2. The van der Waals surface area contributed by atoms with Crippen LogP contribution in [0.3, 0.4) is 0 Å². The lowest BCUT2D eigenvalue weighted by atomic mass is 9.99. The lowest BCUT2D eigenvalue weighted by molar-refractivity contribution is -0.137. The summed E-state index contributed by atoms with van der Waals surface area (Å²) in [7, 11) is 0. The summed E-state index contributed by atoms with van der Waals surface area (Å²) in [5, 5.41) is 25.3. The van der Waals surface area contributed by atoms with Gasteiger partial charge in [-0.3, -0.25) is 4.79 Å². The number of piperazine rings is 1. The molecule has 2 aromatic rings. The maximum absolute atomic E-state index is 12.6. The molecule has 0 spiro atoms. The van der Waals surface area contributed by atoms with Gasteiger partial charge in [-0.1, -0.05) is 12.1 Å². The van der Waals surface area contributed by atoms with E-state index in [2.05, 4.69) is 25.7 Å². The first-order valence-corrected chi connectivity index (χ1v) is 9.37. The van der Waals surface area contributed by atoms with Gasteiger partial charge < -0.3 is 25.5 Å². The first-order valence-electron chi connectivity index (χ1n) is 9.37. The second-order valence-electron chi connectivity index (χ2n) is 7.35. The number of nitrogens with one attached hydrogen (secondary N) is 2. The number of carbonyl (C=O) groups excluding carboxylic acids is 1. The standard InChI is InChI=1S/C19H22N6O2/c26-17-4-2-1-3-14(17)15-7-16-18(23-22-15)21-10-13-11-24(5-6-25(13)16)19(27)12-8-20-9-12/h1-4,7,12-13,20,26H,5-6,8-11H2,(H,21,23)/t13-/m0/s1. The topological polar surface area (TPSA) is 93.6 Å². The highest BCUT2D eigenvalue weighted by Gasteiger charge is 2.37. The number of phenols is 1. The number of carbonyl (C=O) groups is 1. The Labute approximate surface area is 157 Å². The molecule has 5 rings (SSSR count). The Morgan fingerprint density at radius 2 is 2.00 bits per heavy atom. The average molecular weight is 366 g/mol. The third kappa shape index (κ3) is 2.76. The van der Waals surface area contributed by atoms with E-state index in [0.717, 1.165) is 50.8 Å². The number of nitrogens with zero attached hydrogens (tertiary/aromatic N) is 4. The Bertz CT molecular complexity index is 884. The van der Waals surface area contributed by atoms with Gasteiger partial charge in [0.15, 0.2) is 5.82 Å². The smallest absolute Gasteiger partial charge is 0.228 e. The molecule has 3 N–H and O–H groups in total. The van der Waals surface area contributed by atoms with Crippen LogP contribution in [0.4, 0.5) is 11.5 Å². The van der Waals surface area contributed by atoms with Crippen molar-refractivity contribution in [3.8, 4) is 17.0 Å². The molecule has 0 aliphatic carbocycles. The van der Waals surface area contributed by atoms with E-state index < -0.39 is 0 Å². The molecule has 0 saturated carbocycles. The molecule has 1 amide bonds. The second-order valence-corrected chi connectivity index (χ2v) is 7.35. The van der Waals surface area contributed by atoms with Gasteiger partial charge in [-0.05, 0) is 18.2 Å². The molecule has 4 heterocycles. The summed E-state index contributed by atoms with van der Waals surface area (Å²) in [6.07, 6.45) is 0. The Kier molecular flexibility index (Phi) is 3.86. The van der Waals surface area contributed by atoms with Gasteiger partial charge >= 0.3 is 0 Å². The Morgan fingerprint density at radius 3 is 2.78 bits per heavy atom. The number of amides is 1. The zero-order chi connectivity index (χ0) is 18.4. The van der Waals surface area contributed by atoms with Gasteiger partial charge in [-0.15, -0.1) is 10.2 Å². The van der Waals surface area contributed by atoms with E-state index in [0.29, 0.717) is 11.3 Å². The van der Waals surface area contributed by atoms with E-state index in [1.807, 2.05) is 23.1 Å². The summed E-state index contributed by atoms with van der Waals surface area (Å²) in [5.74, 6) is 1.35. The van der Waals surface area contributed by atoms with Gasteiger partial charge in [-0.2, -0.15) is 0 Å². The van der Waals surface area contributed by atoms with Crippen LogP contribution in [0.2, 0.25) is 0 Å². The molecule has 2 saturated heterocycles. The fraction of sp³-hybridized carbons (Fsp3) is 0.421. The number of hydrogen-bond acceptors (Lipinski definition) is 7. The van der Waals surface area contributed by atoms with E-state index >= 15 is 0 Å². The molecule has 1 atom stereocenters. The maximum Gasteiger partial charge on any atom is 0.228 e. The summed E-state index contributed by atoms with van der Waals surface area (Å²) in [4.78, 5) is 16.9. The van der Waals surface area contributed by atoms with Crippen LogP contribution in [-0.2, 0) is 4.79 Å². The van der Waals surface area contributed by atoms with Crippen molar-refractivity contribution >= 4 is 17.4 Å². The minimum absolute atomic E-state index is 0.138. The van der Waals surface area contributed by atoms with Crippen molar-refractivity contribution in [2.75, 3.05) is 49.5 Å². The SMILES string of the molecule is O=C(C1CNC1)N1CCN2c3cc(-c4ccccc4O)nnc3NC[C@H]2C1. The van der Waals surface area contributed by atoms with Crippen molar-refractivity contribution < 1.29 is 9.90 Å². The monoisotopic (exact) mass is 366 g/mol. The molecule has 8 nitrogen and oxygen atoms in total. The minimum atomic E-state index is 0.138. The van der Waals surface area contributed by atoms with Crippen LogP contribution in [0.5, 0.6) is 5.75 Å². The van der Waals surface area contributed by atoms with Crippen molar-refractivity contribution in [3.05, 3.63) is 30.3 Å². The molecule has 2 fully saturated rings. The van der Waals surface area contributed by atoms with Crippen molar-refractivity contribution in [2.24, 2.45) is 5.92 Å². The fourth-order valence-electron chi connectivity index (χ4n) is 4.03. The second kappa shape index (κ2) is 6.38. The van der Waals surface area contributed by atoms with Crippen molar-refractivity contribution in [1.29, 1.82) is 0 Å². The van der Waals surface area contributed by atoms with E-state index in [1.165, 1.54) is 0 Å². The van der Waals surface area contributed by atoms with Gasteiger partial charge in [0.25, 0.3) is 0 Å². The number of fused-ring (bicyclic) bond motifs is 3. The normalized spacial score (nSPS) is 21.7. The van der Waals surface area contributed by atoms with Crippen LogP contribution in [0.15, 0.2) is 30.3 Å². The molecule has 3 aliphatic heterocycles. The summed E-state index contributed by atoms with van der Waals surface area (Å²) in [6, 6.07) is 9.33. The molecule has 1 aromatic heterocycles. The fourth-order valence-corrected chi connectivity index (χ4v) is 4.03. The molecular formula is C19H22N6O2. The largest absolute Gasteiger partial charge is 0.507 e. The number of anilines is 2. The van der Waals surface area contributed by atoms with Gasteiger partial charge in [0.1, 0.15) is 5.75 Å². The number of phenolic OH excluding ortho intramolecular Hbond substituents is 1. The van der Waals surface area contributed by atoms with E-state index in [-0.39, 0.29) is 23.6 Å². The summed E-state index contributed by atoms with van der Waals surface area (Å²) in [5.41, 5.74) is 2.30. The van der Waals surface area contributed by atoms with Gasteiger partial charge in [0.2, 0.25) is 5.91 Å². The number of rotatable bonds is 2. The van der Waals surface area contributed by atoms with Crippen LogP contribution < -0.4 is 15.5 Å². The van der Waals surface area contributed by atoms with Crippen molar-refractivity contribution in [1.82, 2.24) is 20.4 Å². The minimum Gasteiger partial charge on any atom is -0.507 e. The van der Waals surface area contributed by atoms with Crippen LogP contribution in [-0.4, -0.2) is 71.4 Å². The molecule has 0 unspecified atom stereocenters. The van der Waals surface area contributed by atoms with Gasteiger partial charge in [0.05, 0.1) is 23.3 Å². The van der Waals surface area contributed by atoms with E-state index in [4.69, 9.17) is 0 Å². The quantitative estimate of drug-likeness (QED) is 0.713. The maximum atomic E-state index is 12.6. The van der Waals surface area contributed by atoms with Crippen LogP contribution >= 0.6 is 0 Å². The average Bonchev–Trinajstić information content (AvgIpc) is 2.66. The summed E-state index contributed by atoms with van der Waals surface area (Å²) < 4.78 is 0. The highest BCUT2D eigenvalue weighted by molar-refractivity contribution is 5.81. The zero-order valence-corrected chi connectivity index (χ0v) is 14.9. The Hall–Kier alpha value is -2.87. The number of aromatic hydroxyl groups is 1. The van der Waals surface area contributed by atoms with E-state index in [1.54, 1.807) is 12.1 Å². The summed E-state index contributed by atoms with van der Waals surface area (Å²) in [6.45, 7) is 4.55. The van der Waals surface area contributed by atoms with Crippen molar-refractivity contribution in [2.45, 2.75) is 6.04 Å². The lowest BCUT2D eigenvalue weighted by Crippen LogP contribution is -2.62. The molecule has 27 heavy (non-hydrogen) atoms. The number of hydrogen-bond donors (Lipinski definition) is 3. The molecule has 0 bridgehead atoms. The van der Waals surface area contributed by atoms with E-state index in [9.17, 15) is 9.90 Å². The Morgan fingerprint density at radius 1 is 1.15 bits per heavy atom. The molecule has 140 valence electrons. The third-order valence-electron chi connectivity index (χ3n) is 5.69. The highest BCUT2D eigenvalue weighted by atomic mass is 16.3. The summed E-state index contributed by atoms with van der Waals surface area (Å²) >= 11 is 0.